The maximum Gasteiger partial charge on any atom is 0.239 e. The van der Waals surface area contributed by atoms with Gasteiger partial charge in [0.1, 0.15) is 11.3 Å². The average Bonchev–Trinajstić information content (AvgIpc) is 3.48. The lowest BCUT2D eigenvalue weighted by molar-refractivity contribution is -0.132. The Morgan fingerprint density at radius 1 is 1.33 bits per heavy atom. The van der Waals surface area contributed by atoms with Gasteiger partial charge < -0.3 is 10.5 Å². The van der Waals surface area contributed by atoms with Gasteiger partial charge in [-0.05, 0) is 72.7 Å². The quantitative estimate of drug-likeness (QED) is 0.731. The Morgan fingerprint density at radius 3 is 2.94 bits per heavy atom. The summed E-state index contributed by atoms with van der Waals surface area (Å²) < 4.78 is 5.55. The summed E-state index contributed by atoms with van der Waals surface area (Å²) in [6.07, 6.45) is 8.40. The number of hydrogen-bond acceptors (Lipinski definition) is 6. The number of aliphatic imine (C=N–C) groups is 1. The van der Waals surface area contributed by atoms with Gasteiger partial charge in [-0.2, -0.15) is 5.26 Å². The predicted octanol–water partition coefficient (Wildman–Crippen LogP) is 4.59. The Labute approximate surface area is 197 Å². The third-order valence-electron chi connectivity index (χ3n) is 6.77. The molecule has 1 aliphatic carbocycles. The maximum atomic E-state index is 13.6. The van der Waals surface area contributed by atoms with E-state index in [0.29, 0.717) is 12.0 Å². The lowest BCUT2D eigenvalue weighted by Crippen LogP contribution is -2.54. The standard InChI is InChI=1S/C26H24N4O2S/c1-15-4-5-16(13-27)10-20(15)19-12-22(33-14-19)26(2)23(24(31)30(3)25(28)29-26)18-6-7-21-17(11-18)8-9-32-21/h4-10,12,14,17,23H,11H2,1-3H3,(H2,28,29)/t17?,23?,26-/m1/s1. The highest BCUT2D eigenvalue weighted by atomic mass is 32.1. The van der Waals surface area contributed by atoms with Gasteiger partial charge in [-0.25, -0.2) is 4.99 Å². The fraction of sp³-hybridized carbons (Fsp3) is 0.269. The van der Waals surface area contributed by atoms with Crippen LogP contribution >= 0.6 is 11.3 Å². The van der Waals surface area contributed by atoms with Crippen LogP contribution in [-0.2, 0) is 15.1 Å². The van der Waals surface area contributed by atoms with Gasteiger partial charge in [0.05, 0.1) is 23.8 Å². The van der Waals surface area contributed by atoms with Crippen molar-refractivity contribution in [2.75, 3.05) is 7.05 Å². The molecule has 1 aromatic carbocycles. The van der Waals surface area contributed by atoms with E-state index in [1.165, 1.54) is 4.90 Å². The van der Waals surface area contributed by atoms with Gasteiger partial charge in [-0.15, -0.1) is 11.3 Å². The largest absolute Gasteiger partial charge is 0.469 e. The molecule has 0 fully saturated rings. The first-order valence-corrected chi connectivity index (χ1v) is 11.7. The van der Waals surface area contributed by atoms with E-state index in [2.05, 4.69) is 17.5 Å². The monoisotopic (exact) mass is 456 g/mol. The molecule has 3 heterocycles. The second-order valence-corrected chi connectivity index (χ2v) is 9.77. The van der Waals surface area contributed by atoms with Crippen LogP contribution in [0, 0.1) is 30.1 Å². The van der Waals surface area contributed by atoms with Crippen LogP contribution in [0.2, 0.25) is 0 Å². The number of guanidine groups is 1. The average molecular weight is 457 g/mol. The molecule has 0 saturated carbocycles. The normalized spacial score (nSPS) is 26.2. The van der Waals surface area contributed by atoms with Crippen molar-refractivity contribution in [2.45, 2.75) is 25.8 Å². The highest BCUT2D eigenvalue weighted by Crippen LogP contribution is 2.48. The molecule has 3 atom stereocenters. The van der Waals surface area contributed by atoms with Crippen molar-refractivity contribution >= 4 is 23.2 Å². The number of nitrogens with two attached hydrogens (primary N) is 1. The first kappa shape index (κ1) is 21.2. The lowest BCUT2D eigenvalue weighted by Gasteiger charge is -2.41. The predicted molar refractivity (Wildman–Crippen MR) is 129 cm³/mol. The Bertz CT molecular complexity index is 1330. The summed E-state index contributed by atoms with van der Waals surface area (Å²) >= 11 is 1.57. The first-order valence-electron chi connectivity index (χ1n) is 10.8. The summed E-state index contributed by atoms with van der Waals surface area (Å²) in [4.78, 5) is 20.8. The van der Waals surface area contributed by atoms with Crippen LogP contribution in [-0.4, -0.2) is 23.8 Å². The van der Waals surface area contributed by atoms with Crippen molar-refractivity contribution in [2.24, 2.45) is 22.6 Å². The summed E-state index contributed by atoms with van der Waals surface area (Å²) in [5.74, 6) is 0.735. The molecular weight excluding hydrogens is 432 g/mol. The molecule has 33 heavy (non-hydrogen) atoms. The van der Waals surface area contributed by atoms with E-state index < -0.39 is 11.5 Å². The van der Waals surface area contributed by atoms with Gasteiger partial charge >= 0.3 is 0 Å². The van der Waals surface area contributed by atoms with Crippen molar-refractivity contribution < 1.29 is 9.53 Å². The van der Waals surface area contributed by atoms with Crippen LogP contribution in [0.25, 0.3) is 11.1 Å². The molecule has 2 unspecified atom stereocenters. The molecule has 1 aromatic heterocycles. The Morgan fingerprint density at radius 2 is 2.15 bits per heavy atom. The van der Waals surface area contributed by atoms with E-state index in [4.69, 9.17) is 15.5 Å². The summed E-state index contributed by atoms with van der Waals surface area (Å²) in [5.41, 5.74) is 10.1. The van der Waals surface area contributed by atoms with E-state index in [1.807, 2.05) is 50.3 Å². The fourth-order valence-electron chi connectivity index (χ4n) is 4.84. The fourth-order valence-corrected chi connectivity index (χ4v) is 5.88. The number of fused-ring (bicyclic) bond motifs is 1. The second-order valence-electron chi connectivity index (χ2n) is 8.86. The number of thiophene rings is 1. The topological polar surface area (TPSA) is 91.7 Å². The van der Waals surface area contributed by atoms with E-state index in [0.717, 1.165) is 32.9 Å². The van der Waals surface area contributed by atoms with Crippen molar-refractivity contribution in [1.29, 1.82) is 5.26 Å². The summed E-state index contributed by atoms with van der Waals surface area (Å²) in [7, 11) is 1.67. The third kappa shape index (κ3) is 3.38. The molecule has 1 amide bonds. The van der Waals surface area contributed by atoms with Gasteiger partial charge in [-0.1, -0.05) is 17.7 Å². The maximum absolute atomic E-state index is 13.6. The highest BCUT2D eigenvalue weighted by molar-refractivity contribution is 7.10. The van der Waals surface area contributed by atoms with Crippen molar-refractivity contribution in [3.05, 3.63) is 81.5 Å². The first-order chi connectivity index (χ1) is 15.8. The molecule has 2 N–H and O–H groups in total. The highest BCUT2D eigenvalue weighted by Gasteiger charge is 2.49. The zero-order valence-electron chi connectivity index (χ0n) is 18.7. The third-order valence-corrected chi connectivity index (χ3v) is 7.93. The van der Waals surface area contributed by atoms with Crippen molar-refractivity contribution in [1.82, 2.24) is 4.90 Å². The van der Waals surface area contributed by atoms with Crippen molar-refractivity contribution in [3.8, 4) is 17.2 Å². The number of ether oxygens (including phenoxy) is 1. The van der Waals surface area contributed by atoms with Gasteiger partial charge in [0.2, 0.25) is 5.91 Å². The molecule has 6 nitrogen and oxygen atoms in total. The number of aryl methyl sites for hydroxylation is 1. The molecule has 0 spiro atoms. The van der Waals surface area contributed by atoms with Crippen molar-refractivity contribution in [3.63, 3.8) is 0 Å². The number of carbonyl (C=O) groups excluding carboxylic acids is 1. The van der Waals surface area contributed by atoms with E-state index >= 15 is 0 Å². The van der Waals surface area contributed by atoms with Crippen LogP contribution in [0.5, 0.6) is 0 Å². The number of allylic oxidation sites excluding steroid dienone is 3. The SMILES string of the molecule is Cc1ccc(C#N)cc1-c1csc([C@@]2(C)N=C(N)N(C)C(=O)C2C2=CC=C3OC=CC3C2)c1. The van der Waals surface area contributed by atoms with Crippen LogP contribution in [0.1, 0.15) is 29.3 Å². The molecule has 7 heteroatoms. The Balaban J connectivity index is 1.60. The molecule has 0 saturated heterocycles. The zero-order valence-corrected chi connectivity index (χ0v) is 19.5. The minimum atomic E-state index is -0.836. The minimum Gasteiger partial charge on any atom is -0.469 e. The number of carbonyl (C=O) groups is 1. The van der Waals surface area contributed by atoms with Crippen LogP contribution in [0.4, 0.5) is 0 Å². The number of amides is 1. The van der Waals surface area contributed by atoms with Gasteiger partial charge in [-0.3, -0.25) is 9.69 Å². The van der Waals surface area contributed by atoms with Gasteiger partial charge in [0, 0.05) is 17.8 Å². The summed E-state index contributed by atoms with van der Waals surface area (Å²) in [5, 5.41) is 11.4. The number of nitrogens with zero attached hydrogens (tertiary/aromatic N) is 3. The molecule has 0 radical (unpaired) electrons. The van der Waals surface area contributed by atoms with E-state index in [1.54, 1.807) is 24.6 Å². The molecule has 5 rings (SSSR count). The zero-order chi connectivity index (χ0) is 23.3. The Hall–Kier alpha value is -3.63. The number of benzene rings is 1. The number of nitriles is 1. The minimum absolute atomic E-state index is 0.0615. The number of hydrogen-bond donors (Lipinski definition) is 1. The van der Waals surface area contributed by atoms with Crippen LogP contribution in [0.15, 0.2) is 70.5 Å². The molecular formula is C26H24N4O2S. The molecule has 0 bridgehead atoms. The van der Waals surface area contributed by atoms with E-state index in [9.17, 15) is 10.1 Å². The van der Waals surface area contributed by atoms with Gasteiger partial charge in [0.25, 0.3) is 0 Å². The molecule has 3 aliphatic rings. The molecule has 2 aromatic rings. The smallest absolute Gasteiger partial charge is 0.239 e. The number of rotatable bonds is 3. The van der Waals surface area contributed by atoms with Crippen LogP contribution < -0.4 is 5.73 Å². The summed E-state index contributed by atoms with van der Waals surface area (Å²) in [6.45, 7) is 4.02. The Kier molecular flexibility index (Phi) is 4.98. The van der Waals surface area contributed by atoms with Crippen LogP contribution in [0.3, 0.4) is 0 Å². The molecule has 166 valence electrons. The molecule has 2 aliphatic heterocycles. The summed E-state index contributed by atoms with van der Waals surface area (Å²) in [6, 6.07) is 9.98. The second kappa shape index (κ2) is 7.75. The lowest BCUT2D eigenvalue weighted by atomic mass is 9.73. The van der Waals surface area contributed by atoms with E-state index in [-0.39, 0.29) is 17.8 Å². The van der Waals surface area contributed by atoms with Gasteiger partial charge in [0.15, 0.2) is 5.96 Å².